The molecule has 0 heterocycles. The Hall–Kier alpha value is -4.04. The molecule has 170 valence electrons. The number of hydrazine groups is 1. The summed E-state index contributed by atoms with van der Waals surface area (Å²) in [5, 5.41) is 3.03. The van der Waals surface area contributed by atoms with Crippen LogP contribution in [0, 0.1) is 0 Å². The van der Waals surface area contributed by atoms with Crippen LogP contribution in [0.5, 0.6) is 11.5 Å². The molecule has 9 heteroatoms. The minimum atomic E-state index is -0.579. The molecule has 3 N–H and O–H groups in total. The molecule has 0 saturated carbocycles. The molecule has 3 aromatic carbocycles. The van der Waals surface area contributed by atoms with E-state index >= 15 is 0 Å². The smallest absolute Gasteiger partial charge is 0.269 e. The number of nitrogens with one attached hydrogen (secondary N) is 3. The van der Waals surface area contributed by atoms with Crippen LogP contribution in [0.15, 0.2) is 78.9 Å². The van der Waals surface area contributed by atoms with Crippen molar-refractivity contribution < 1.29 is 23.9 Å². The van der Waals surface area contributed by atoms with Gasteiger partial charge in [-0.2, -0.15) is 0 Å². The van der Waals surface area contributed by atoms with Crippen LogP contribution in [0.2, 0.25) is 5.02 Å². The Morgan fingerprint density at radius 2 is 1.39 bits per heavy atom. The number of hydrogen-bond donors (Lipinski definition) is 3. The lowest BCUT2D eigenvalue weighted by Crippen LogP contribution is -2.46. The van der Waals surface area contributed by atoms with E-state index in [0.29, 0.717) is 28.7 Å². The van der Waals surface area contributed by atoms with Gasteiger partial charge in [-0.3, -0.25) is 25.2 Å². The van der Waals surface area contributed by atoms with Gasteiger partial charge in [0, 0.05) is 10.6 Å². The highest BCUT2D eigenvalue weighted by atomic mass is 35.5. The fraction of sp³-hybridized carbons (Fsp3) is 0.125. The maximum Gasteiger partial charge on any atom is 0.269 e. The van der Waals surface area contributed by atoms with E-state index in [1.54, 1.807) is 72.8 Å². The van der Waals surface area contributed by atoms with Crippen molar-refractivity contribution in [2.45, 2.75) is 6.61 Å². The van der Waals surface area contributed by atoms with Gasteiger partial charge in [-0.05, 0) is 54.1 Å². The molecule has 0 aliphatic carbocycles. The van der Waals surface area contributed by atoms with E-state index in [0.717, 1.165) is 5.56 Å². The third-order valence-electron chi connectivity index (χ3n) is 4.31. The molecule has 0 aromatic heterocycles. The van der Waals surface area contributed by atoms with Gasteiger partial charge in [-0.1, -0.05) is 41.9 Å². The van der Waals surface area contributed by atoms with Crippen molar-refractivity contribution in [1.29, 1.82) is 0 Å². The number of carbonyl (C=O) groups excluding carboxylic acids is 3. The van der Waals surface area contributed by atoms with Crippen LogP contribution in [0.25, 0.3) is 0 Å². The Balaban J connectivity index is 1.35. The molecular weight excluding hydrogens is 446 g/mol. The maximum atomic E-state index is 12.2. The van der Waals surface area contributed by atoms with Gasteiger partial charge >= 0.3 is 0 Å². The van der Waals surface area contributed by atoms with Gasteiger partial charge in [0.2, 0.25) is 0 Å². The third-order valence-corrected chi connectivity index (χ3v) is 4.56. The van der Waals surface area contributed by atoms with Crippen LogP contribution >= 0.6 is 11.6 Å². The fourth-order valence-electron chi connectivity index (χ4n) is 2.59. The summed E-state index contributed by atoms with van der Waals surface area (Å²) in [4.78, 5) is 35.8. The summed E-state index contributed by atoms with van der Waals surface area (Å²) < 4.78 is 10.9. The molecule has 0 fully saturated rings. The first kappa shape index (κ1) is 23.6. The summed E-state index contributed by atoms with van der Waals surface area (Å²) in [5.41, 5.74) is 5.76. The second kappa shape index (κ2) is 12.1. The van der Waals surface area contributed by atoms with Gasteiger partial charge in [0.15, 0.2) is 6.61 Å². The fourth-order valence-corrected chi connectivity index (χ4v) is 2.71. The third kappa shape index (κ3) is 8.19. The van der Waals surface area contributed by atoms with Gasteiger partial charge in [0.25, 0.3) is 17.7 Å². The van der Waals surface area contributed by atoms with Crippen molar-refractivity contribution in [2.75, 3.05) is 13.2 Å². The highest BCUT2D eigenvalue weighted by molar-refractivity contribution is 6.30. The minimum Gasteiger partial charge on any atom is -0.489 e. The van der Waals surface area contributed by atoms with E-state index in [9.17, 15) is 14.4 Å². The van der Waals surface area contributed by atoms with E-state index in [4.69, 9.17) is 21.1 Å². The Bertz CT molecular complexity index is 1070. The predicted octanol–water partition coefficient (Wildman–Crippen LogP) is 2.88. The number of carbonyl (C=O) groups is 3. The zero-order chi connectivity index (χ0) is 23.5. The topological polar surface area (TPSA) is 106 Å². The lowest BCUT2D eigenvalue weighted by molar-refractivity contribution is -0.127. The summed E-state index contributed by atoms with van der Waals surface area (Å²) in [6.07, 6.45) is 0. The van der Waals surface area contributed by atoms with Gasteiger partial charge in [0.05, 0.1) is 6.54 Å². The molecular formula is C24H22ClN3O5. The summed E-state index contributed by atoms with van der Waals surface area (Å²) in [5.74, 6) is -0.303. The molecule has 3 amide bonds. The van der Waals surface area contributed by atoms with Crippen molar-refractivity contribution >= 4 is 29.3 Å². The van der Waals surface area contributed by atoms with Crippen molar-refractivity contribution in [1.82, 2.24) is 16.2 Å². The first-order chi connectivity index (χ1) is 16.0. The number of rotatable bonds is 9. The average Bonchev–Trinajstić information content (AvgIpc) is 2.85. The van der Waals surface area contributed by atoms with Crippen LogP contribution in [0.1, 0.15) is 15.9 Å². The number of hydrogen-bond acceptors (Lipinski definition) is 5. The molecule has 0 bridgehead atoms. The maximum absolute atomic E-state index is 12.2. The molecule has 0 unspecified atom stereocenters. The van der Waals surface area contributed by atoms with Gasteiger partial charge in [-0.25, -0.2) is 0 Å². The highest BCUT2D eigenvalue weighted by Crippen LogP contribution is 2.17. The molecule has 0 saturated heterocycles. The van der Waals surface area contributed by atoms with E-state index in [1.165, 1.54) is 0 Å². The normalized spacial score (nSPS) is 10.1. The number of para-hydroxylation sites is 1. The van der Waals surface area contributed by atoms with Gasteiger partial charge in [-0.15, -0.1) is 0 Å². The average molecular weight is 468 g/mol. The molecule has 0 spiro atoms. The van der Waals surface area contributed by atoms with Crippen molar-refractivity contribution in [3.05, 3.63) is 95.0 Å². The number of benzene rings is 3. The first-order valence-corrected chi connectivity index (χ1v) is 10.4. The van der Waals surface area contributed by atoms with Crippen LogP contribution in [-0.4, -0.2) is 30.9 Å². The molecule has 0 aliphatic rings. The predicted molar refractivity (Wildman–Crippen MR) is 123 cm³/mol. The highest BCUT2D eigenvalue weighted by Gasteiger charge is 2.09. The Labute approximate surface area is 195 Å². The zero-order valence-corrected chi connectivity index (χ0v) is 18.3. The first-order valence-electron chi connectivity index (χ1n) is 10.0. The molecule has 0 atom stereocenters. The standard InChI is InChI=1S/C24H22ClN3O5/c25-19-10-12-21(13-11-19)32-15-17-6-8-18(9-7-17)24(31)28-27-22(29)14-26-23(30)16-33-20-4-2-1-3-5-20/h1-13H,14-16H2,(H,26,30)(H,27,29)(H,28,31). The Morgan fingerprint density at radius 3 is 2.09 bits per heavy atom. The number of ether oxygens (including phenoxy) is 2. The van der Waals surface area contributed by atoms with E-state index in [2.05, 4.69) is 16.2 Å². The summed E-state index contributed by atoms with van der Waals surface area (Å²) in [6, 6.07) is 22.6. The largest absolute Gasteiger partial charge is 0.489 e. The lowest BCUT2D eigenvalue weighted by atomic mass is 10.1. The van der Waals surface area contributed by atoms with Crippen LogP contribution in [0.4, 0.5) is 0 Å². The lowest BCUT2D eigenvalue weighted by Gasteiger charge is -2.10. The molecule has 3 rings (SSSR count). The molecule has 0 aliphatic heterocycles. The van der Waals surface area contributed by atoms with Gasteiger partial charge in [0.1, 0.15) is 18.1 Å². The summed E-state index contributed by atoms with van der Waals surface area (Å²) in [6.45, 7) is -0.204. The monoisotopic (exact) mass is 467 g/mol. The van der Waals surface area contributed by atoms with E-state index < -0.39 is 17.7 Å². The number of amides is 3. The van der Waals surface area contributed by atoms with E-state index in [-0.39, 0.29) is 13.2 Å². The second-order valence-electron chi connectivity index (χ2n) is 6.82. The van der Waals surface area contributed by atoms with Gasteiger partial charge < -0.3 is 14.8 Å². The van der Waals surface area contributed by atoms with Crippen molar-refractivity contribution in [3.8, 4) is 11.5 Å². The summed E-state index contributed by atoms with van der Waals surface area (Å²) >= 11 is 5.84. The molecule has 33 heavy (non-hydrogen) atoms. The van der Waals surface area contributed by atoms with Crippen LogP contribution in [-0.2, 0) is 16.2 Å². The van der Waals surface area contributed by atoms with Crippen LogP contribution < -0.4 is 25.6 Å². The molecule has 3 aromatic rings. The van der Waals surface area contributed by atoms with Crippen LogP contribution in [0.3, 0.4) is 0 Å². The second-order valence-corrected chi connectivity index (χ2v) is 7.26. The van der Waals surface area contributed by atoms with E-state index in [1.807, 2.05) is 6.07 Å². The molecule has 8 nitrogen and oxygen atoms in total. The molecule has 0 radical (unpaired) electrons. The Kier molecular flexibility index (Phi) is 8.67. The summed E-state index contributed by atoms with van der Waals surface area (Å²) in [7, 11) is 0. The Morgan fingerprint density at radius 1 is 0.727 bits per heavy atom. The quantitative estimate of drug-likeness (QED) is 0.420. The minimum absolute atomic E-state index is 0.224. The SMILES string of the molecule is O=C(COc1ccccc1)NCC(=O)NNC(=O)c1ccc(COc2ccc(Cl)cc2)cc1. The zero-order valence-electron chi connectivity index (χ0n) is 17.5. The van der Waals surface area contributed by atoms with Crippen molar-refractivity contribution in [3.63, 3.8) is 0 Å². The number of halogens is 1. The van der Waals surface area contributed by atoms with Crippen molar-refractivity contribution in [2.24, 2.45) is 0 Å².